The number of nitrogens with zero attached hydrogens (tertiary/aromatic N) is 5. The van der Waals surface area contributed by atoms with Gasteiger partial charge in [-0.2, -0.15) is 20.3 Å². The molecule has 4 rings (SSSR count). The van der Waals surface area contributed by atoms with Crippen LogP contribution in [0.2, 0.25) is 0 Å². The van der Waals surface area contributed by atoms with E-state index in [0.29, 0.717) is 30.8 Å². The lowest BCUT2D eigenvalue weighted by atomic mass is 9.88. The number of rotatable bonds is 5. The van der Waals surface area contributed by atoms with E-state index < -0.39 is 29.5 Å². The van der Waals surface area contributed by atoms with Gasteiger partial charge in [0.1, 0.15) is 0 Å². The predicted octanol–water partition coefficient (Wildman–Crippen LogP) is 3.77. The first-order chi connectivity index (χ1) is 14.9. The summed E-state index contributed by atoms with van der Waals surface area (Å²) >= 11 is 0. The average molecular weight is 434 g/mol. The number of nitrogens with one attached hydrogen (secondary N) is 1. The lowest BCUT2D eigenvalue weighted by Gasteiger charge is -2.30. The number of aromatic nitrogens is 5. The Bertz CT molecular complexity index is 1120. The minimum absolute atomic E-state index is 0.0779. The molecular weight excluding hydrogens is 416 g/mol. The van der Waals surface area contributed by atoms with Crippen LogP contribution in [0.5, 0.6) is 0 Å². The van der Waals surface area contributed by atoms with Crippen molar-refractivity contribution >= 4 is 11.9 Å². The normalized spacial score (nSPS) is 16.9. The number of anilines is 1. The highest BCUT2D eigenvalue weighted by Crippen LogP contribution is 2.32. The van der Waals surface area contributed by atoms with Gasteiger partial charge in [0, 0.05) is 18.0 Å². The van der Waals surface area contributed by atoms with Gasteiger partial charge < -0.3 is 0 Å². The molecule has 1 saturated heterocycles. The summed E-state index contributed by atoms with van der Waals surface area (Å²) < 4.78 is 54.0. The monoisotopic (exact) mass is 434 g/mol. The number of piperidine rings is 1. The zero-order chi connectivity index (χ0) is 22.1. The van der Waals surface area contributed by atoms with E-state index in [1.807, 2.05) is 6.92 Å². The summed E-state index contributed by atoms with van der Waals surface area (Å²) in [6, 6.07) is 1.91. The van der Waals surface area contributed by atoms with Crippen molar-refractivity contribution in [3.63, 3.8) is 0 Å². The second-order valence-electron chi connectivity index (χ2n) is 7.34. The number of amides is 1. The number of alkyl halides is 2. The molecule has 1 amide bonds. The van der Waals surface area contributed by atoms with Crippen molar-refractivity contribution in [1.29, 1.82) is 0 Å². The summed E-state index contributed by atoms with van der Waals surface area (Å²) in [5.41, 5.74) is 0.390. The molecule has 1 atom stereocenters. The molecule has 3 aromatic rings. The number of H-pyrrole nitrogens is 1. The molecule has 1 aliphatic rings. The maximum Gasteiger partial charge on any atom is 0.267 e. The minimum atomic E-state index is -3.19. The summed E-state index contributed by atoms with van der Waals surface area (Å²) in [5, 5.41) is 14.5. The molecule has 0 radical (unpaired) electrons. The van der Waals surface area contributed by atoms with E-state index in [-0.39, 0.29) is 23.8 Å². The van der Waals surface area contributed by atoms with Crippen molar-refractivity contribution < 1.29 is 22.4 Å². The Labute approximate surface area is 174 Å². The highest BCUT2D eigenvalue weighted by Gasteiger charge is 2.33. The van der Waals surface area contributed by atoms with Crippen LogP contribution in [-0.4, -0.2) is 37.8 Å². The number of benzene rings is 1. The summed E-state index contributed by atoms with van der Waals surface area (Å²) in [4.78, 5) is 18.8. The van der Waals surface area contributed by atoms with E-state index in [4.69, 9.17) is 0 Å². The third-order valence-corrected chi connectivity index (χ3v) is 5.36. The minimum Gasteiger partial charge on any atom is -0.281 e. The topological polar surface area (TPSA) is 87.7 Å². The predicted molar refractivity (Wildman–Crippen MR) is 102 cm³/mol. The van der Waals surface area contributed by atoms with Crippen molar-refractivity contribution in [3.05, 3.63) is 52.9 Å². The van der Waals surface area contributed by atoms with Gasteiger partial charge in [0.25, 0.3) is 6.43 Å². The van der Waals surface area contributed by atoms with Crippen LogP contribution in [0.3, 0.4) is 0 Å². The van der Waals surface area contributed by atoms with E-state index in [1.165, 1.54) is 11.1 Å². The molecule has 1 aromatic carbocycles. The number of aryl methyl sites for hydroxylation is 1. The van der Waals surface area contributed by atoms with Crippen LogP contribution in [0.4, 0.5) is 23.5 Å². The molecule has 1 fully saturated rings. The van der Waals surface area contributed by atoms with Crippen molar-refractivity contribution in [1.82, 2.24) is 25.4 Å². The van der Waals surface area contributed by atoms with Crippen molar-refractivity contribution in [2.45, 2.75) is 32.6 Å². The van der Waals surface area contributed by atoms with Gasteiger partial charge in [0.05, 0.1) is 18.0 Å². The van der Waals surface area contributed by atoms with Gasteiger partial charge in [-0.1, -0.05) is 6.07 Å². The maximum atomic E-state index is 13.9. The standard InChI is InChI=1S/C20H18F4N6O/c1-10-8-25-26-9-13(10)18-27-20(29-28-18)30-6-2-3-12(19(30)31)7-11-4-5-14(21)16(22)15(11)17(23)24/h4-5,8-9,12,17H,2-3,6-7H2,1H3,(H,27,28,29). The number of carbonyl (C=O) groups is 1. The van der Waals surface area contributed by atoms with E-state index in [9.17, 15) is 22.4 Å². The average Bonchev–Trinajstić information content (AvgIpc) is 3.22. The van der Waals surface area contributed by atoms with Gasteiger partial charge in [-0.05, 0) is 43.4 Å². The van der Waals surface area contributed by atoms with Crippen LogP contribution in [0.15, 0.2) is 24.5 Å². The van der Waals surface area contributed by atoms with Crippen molar-refractivity contribution in [2.24, 2.45) is 5.92 Å². The van der Waals surface area contributed by atoms with Crippen molar-refractivity contribution in [3.8, 4) is 11.4 Å². The summed E-state index contributed by atoms with van der Waals surface area (Å²) in [7, 11) is 0. The smallest absolute Gasteiger partial charge is 0.267 e. The fraction of sp³-hybridized carbons (Fsp3) is 0.350. The third kappa shape index (κ3) is 3.99. The fourth-order valence-corrected chi connectivity index (χ4v) is 3.75. The van der Waals surface area contributed by atoms with E-state index in [0.717, 1.165) is 17.7 Å². The molecule has 0 aliphatic carbocycles. The Morgan fingerprint density at radius 2 is 2.00 bits per heavy atom. The first-order valence-corrected chi connectivity index (χ1v) is 9.63. The quantitative estimate of drug-likeness (QED) is 0.618. The number of aromatic amines is 1. The molecule has 11 heteroatoms. The second kappa shape index (κ2) is 8.40. The Hall–Kier alpha value is -3.37. The molecule has 0 spiro atoms. The Morgan fingerprint density at radius 1 is 1.23 bits per heavy atom. The molecular formula is C20H18F4N6O. The SMILES string of the molecule is Cc1cnncc1-c1n[nH]c(N2CCCC(Cc3ccc(F)c(F)c3C(F)F)C2=O)n1. The molecule has 7 nitrogen and oxygen atoms in total. The van der Waals surface area contributed by atoms with Crippen LogP contribution >= 0.6 is 0 Å². The zero-order valence-electron chi connectivity index (χ0n) is 16.4. The highest BCUT2D eigenvalue weighted by molar-refractivity contribution is 5.94. The second-order valence-corrected chi connectivity index (χ2v) is 7.34. The first kappa shape index (κ1) is 20.9. The lowest BCUT2D eigenvalue weighted by molar-refractivity contribution is -0.123. The largest absolute Gasteiger partial charge is 0.281 e. The Morgan fingerprint density at radius 3 is 2.74 bits per heavy atom. The number of carbonyl (C=O) groups excluding carboxylic acids is 1. The van der Waals surface area contributed by atoms with Gasteiger partial charge in [0.15, 0.2) is 17.5 Å². The molecule has 31 heavy (non-hydrogen) atoms. The molecule has 1 N–H and O–H groups in total. The molecule has 3 heterocycles. The molecule has 1 aliphatic heterocycles. The molecule has 1 unspecified atom stereocenters. The Balaban J connectivity index is 1.58. The Kier molecular flexibility index (Phi) is 5.66. The summed E-state index contributed by atoms with van der Waals surface area (Å²) in [6.45, 7) is 2.20. The highest BCUT2D eigenvalue weighted by atomic mass is 19.3. The molecule has 0 bridgehead atoms. The summed E-state index contributed by atoms with van der Waals surface area (Å²) in [6.07, 6.45) is 0.796. The lowest BCUT2D eigenvalue weighted by Crippen LogP contribution is -2.42. The summed E-state index contributed by atoms with van der Waals surface area (Å²) in [5.74, 6) is -3.37. The van der Waals surface area contributed by atoms with Crippen LogP contribution < -0.4 is 4.90 Å². The van der Waals surface area contributed by atoms with E-state index >= 15 is 0 Å². The van der Waals surface area contributed by atoms with E-state index in [1.54, 1.807) is 6.20 Å². The number of halogens is 4. The van der Waals surface area contributed by atoms with Crippen LogP contribution in [0.25, 0.3) is 11.4 Å². The van der Waals surface area contributed by atoms with Crippen LogP contribution in [0, 0.1) is 24.5 Å². The van der Waals surface area contributed by atoms with Gasteiger partial charge in [0.2, 0.25) is 11.9 Å². The van der Waals surface area contributed by atoms with Crippen molar-refractivity contribution in [2.75, 3.05) is 11.4 Å². The van der Waals surface area contributed by atoms with Crippen LogP contribution in [-0.2, 0) is 11.2 Å². The number of hydrogen-bond donors (Lipinski definition) is 1. The van der Waals surface area contributed by atoms with Gasteiger partial charge in [-0.3, -0.25) is 9.69 Å². The van der Waals surface area contributed by atoms with E-state index in [2.05, 4.69) is 25.4 Å². The molecule has 162 valence electrons. The first-order valence-electron chi connectivity index (χ1n) is 9.63. The molecule has 0 saturated carbocycles. The maximum absolute atomic E-state index is 13.9. The third-order valence-electron chi connectivity index (χ3n) is 5.36. The molecule has 2 aromatic heterocycles. The number of hydrogen-bond acceptors (Lipinski definition) is 5. The fourth-order valence-electron chi connectivity index (χ4n) is 3.75. The van der Waals surface area contributed by atoms with Gasteiger partial charge >= 0.3 is 0 Å². The van der Waals surface area contributed by atoms with Gasteiger partial charge in [-0.15, -0.1) is 0 Å². The van der Waals surface area contributed by atoms with Crippen LogP contribution in [0.1, 0.15) is 36.0 Å². The zero-order valence-corrected chi connectivity index (χ0v) is 16.4. The van der Waals surface area contributed by atoms with Gasteiger partial charge in [-0.25, -0.2) is 22.7 Å².